The van der Waals surface area contributed by atoms with Crippen molar-refractivity contribution in [1.82, 2.24) is 24.3 Å². The zero-order chi connectivity index (χ0) is 24.5. The number of hydrogen-bond donors (Lipinski definition) is 1. The van der Waals surface area contributed by atoms with Gasteiger partial charge >= 0.3 is 6.03 Å². The lowest BCUT2D eigenvalue weighted by Crippen LogP contribution is -2.49. The number of aromatic nitrogens is 2. The van der Waals surface area contributed by atoms with Crippen LogP contribution in [0.4, 0.5) is 14.9 Å². The summed E-state index contributed by atoms with van der Waals surface area (Å²) in [7, 11) is 2.00. The van der Waals surface area contributed by atoms with Crippen LogP contribution in [0, 0.1) is 12.7 Å². The highest BCUT2D eigenvalue weighted by Crippen LogP contribution is 2.21. The number of amides is 3. The van der Waals surface area contributed by atoms with E-state index in [2.05, 4.69) is 14.8 Å². The molecule has 0 aliphatic carbocycles. The average molecular weight is 479 g/mol. The molecule has 3 amide bonds. The molecule has 0 saturated carbocycles. The van der Waals surface area contributed by atoms with Gasteiger partial charge in [0.25, 0.3) is 5.91 Å². The Labute approximate surface area is 204 Å². The molecule has 3 heterocycles. The van der Waals surface area contributed by atoms with Crippen molar-refractivity contribution in [1.29, 1.82) is 0 Å². The molecule has 8 nitrogen and oxygen atoms in total. The van der Waals surface area contributed by atoms with E-state index in [1.807, 2.05) is 30.1 Å². The van der Waals surface area contributed by atoms with Gasteiger partial charge in [-0.1, -0.05) is 6.07 Å². The Hall–Kier alpha value is -3.46. The highest BCUT2D eigenvalue weighted by Gasteiger charge is 2.24. The number of halogens is 1. The number of benzene rings is 2. The van der Waals surface area contributed by atoms with Crippen LogP contribution >= 0.6 is 0 Å². The molecule has 0 spiro atoms. The van der Waals surface area contributed by atoms with Crippen molar-refractivity contribution in [2.24, 2.45) is 7.05 Å². The van der Waals surface area contributed by atoms with Gasteiger partial charge in [-0.2, -0.15) is 0 Å². The number of nitrogens with one attached hydrogen (secondary N) is 1. The van der Waals surface area contributed by atoms with E-state index in [4.69, 9.17) is 4.98 Å². The third kappa shape index (κ3) is 4.86. The molecule has 1 aromatic heterocycles. The summed E-state index contributed by atoms with van der Waals surface area (Å²) in [5.41, 5.74) is 3.53. The molecule has 0 bridgehead atoms. The highest BCUT2D eigenvalue weighted by molar-refractivity contribution is 5.97. The van der Waals surface area contributed by atoms with Crippen LogP contribution in [0.25, 0.3) is 11.0 Å². The summed E-state index contributed by atoms with van der Waals surface area (Å²) in [6.07, 6.45) is 2.14. The maximum Gasteiger partial charge on any atom is 0.321 e. The number of aryl methyl sites for hydroxylation is 2. The van der Waals surface area contributed by atoms with E-state index >= 15 is 0 Å². The second-order valence-corrected chi connectivity index (χ2v) is 9.45. The van der Waals surface area contributed by atoms with Crippen molar-refractivity contribution in [3.63, 3.8) is 0 Å². The molecule has 0 radical (unpaired) electrons. The minimum Gasteiger partial charge on any atom is -0.339 e. The Morgan fingerprint density at radius 1 is 0.971 bits per heavy atom. The van der Waals surface area contributed by atoms with Gasteiger partial charge in [-0.25, -0.2) is 14.2 Å². The molecule has 2 saturated heterocycles. The molecule has 5 rings (SSSR count). The molecule has 9 heteroatoms. The van der Waals surface area contributed by atoms with Gasteiger partial charge in [0.1, 0.15) is 11.6 Å². The minimum atomic E-state index is -0.331. The standard InChI is InChI=1S/C26H31FN6O2/c1-18-5-7-20(16-21(18)27)28-26(35)33-13-11-31(12-14-33)17-24-29-22-15-19(6-8-23(22)30(24)2)25(34)32-9-3-4-10-32/h5-8,15-16H,3-4,9-14,17H2,1-2H3,(H,28,35). The Morgan fingerprint density at radius 3 is 2.43 bits per heavy atom. The van der Waals surface area contributed by atoms with Gasteiger partial charge in [0.15, 0.2) is 0 Å². The number of urea groups is 1. The summed E-state index contributed by atoms with van der Waals surface area (Å²) >= 11 is 0. The Balaban J connectivity index is 1.20. The first-order valence-electron chi connectivity index (χ1n) is 12.2. The number of fused-ring (bicyclic) bond motifs is 1. The first kappa shape index (κ1) is 23.3. The second kappa shape index (κ2) is 9.65. The van der Waals surface area contributed by atoms with E-state index in [-0.39, 0.29) is 17.8 Å². The number of rotatable bonds is 4. The van der Waals surface area contributed by atoms with Crippen LogP contribution in [0.5, 0.6) is 0 Å². The summed E-state index contributed by atoms with van der Waals surface area (Å²) in [5, 5.41) is 2.79. The fraction of sp³-hybridized carbons (Fsp3) is 0.423. The van der Waals surface area contributed by atoms with Gasteiger partial charge in [0.05, 0.1) is 17.6 Å². The second-order valence-electron chi connectivity index (χ2n) is 9.45. The zero-order valence-electron chi connectivity index (χ0n) is 20.3. The van der Waals surface area contributed by atoms with Crippen molar-refractivity contribution in [3.8, 4) is 0 Å². The Morgan fingerprint density at radius 2 is 1.71 bits per heavy atom. The number of imidazole rings is 1. The van der Waals surface area contributed by atoms with E-state index in [1.54, 1.807) is 24.0 Å². The Kier molecular flexibility index (Phi) is 6.42. The number of likely N-dealkylation sites (tertiary alicyclic amines) is 1. The van der Waals surface area contributed by atoms with Crippen LogP contribution in [0.3, 0.4) is 0 Å². The van der Waals surface area contributed by atoms with Crippen LogP contribution in [-0.4, -0.2) is 75.5 Å². The van der Waals surface area contributed by atoms with Crippen molar-refractivity contribution >= 4 is 28.7 Å². The molecule has 1 N–H and O–H groups in total. The quantitative estimate of drug-likeness (QED) is 0.622. The number of hydrogen-bond acceptors (Lipinski definition) is 4. The van der Waals surface area contributed by atoms with Gasteiger partial charge < -0.3 is 19.7 Å². The number of carbonyl (C=O) groups is 2. The van der Waals surface area contributed by atoms with Crippen molar-refractivity contribution in [3.05, 3.63) is 59.2 Å². The van der Waals surface area contributed by atoms with Crippen molar-refractivity contribution in [2.45, 2.75) is 26.3 Å². The topological polar surface area (TPSA) is 73.7 Å². The molecule has 2 aliphatic heterocycles. The Bertz CT molecular complexity index is 1260. The monoisotopic (exact) mass is 478 g/mol. The average Bonchev–Trinajstić information content (AvgIpc) is 3.50. The first-order chi connectivity index (χ1) is 16.9. The van der Waals surface area contributed by atoms with Gasteiger partial charge in [-0.3, -0.25) is 9.69 Å². The fourth-order valence-electron chi connectivity index (χ4n) is 4.81. The largest absolute Gasteiger partial charge is 0.339 e. The fourth-order valence-corrected chi connectivity index (χ4v) is 4.81. The van der Waals surface area contributed by atoms with E-state index in [9.17, 15) is 14.0 Å². The lowest BCUT2D eigenvalue weighted by molar-refractivity contribution is 0.0793. The van der Waals surface area contributed by atoms with E-state index in [0.717, 1.165) is 55.9 Å². The summed E-state index contributed by atoms with van der Waals surface area (Å²) < 4.78 is 15.8. The molecule has 2 fully saturated rings. The SMILES string of the molecule is Cc1ccc(NC(=O)N2CCN(Cc3nc4cc(C(=O)N5CCCC5)ccc4n3C)CC2)cc1F. The maximum atomic E-state index is 13.8. The van der Waals surface area contributed by atoms with Gasteiger partial charge in [-0.05, 0) is 55.7 Å². The summed E-state index contributed by atoms with van der Waals surface area (Å²) in [6.45, 7) is 6.62. The molecule has 0 atom stereocenters. The van der Waals surface area contributed by atoms with Crippen LogP contribution in [0.1, 0.15) is 34.6 Å². The third-order valence-corrected chi connectivity index (χ3v) is 7.06. The maximum absolute atomic E-state index is 13.8. The van der Waals surface area contributed by atoms with Crippen molar-refractivity contribution < 1.29 is 14.0 Å². The van der Waals surface area contributed by atoms with Gasteiger partial charge in [0.2, 0.25) is 0 Å². The molecular formula is C26H31FN6O2. The van der Waals surface area contributed by atoms with Crippen LogP contribution in [0.15, 0.2) is 36.4 Å². The van der Waals surface area contributed by atoms with E-state index in [1.165, 1.54) is 6.07 Å². The zero-order valence-corrected chi connectivity index (χ0v) is 20.3. The minimum absolute atomic E-state index is 0.0828. The van der Waals surface area contributed by atoms with Crippen LogP contribution in [0.2, 0.25) is 0 Å². The highest BCUT2D eigenvalue weighted by atomic mass is 19.1. The van der Waals surface area contributed by atoms with Crippen molar-refractivity contribution in [2.75, 3.05) is 44.6 Å². The number of nitrogens with zero attached hydrogens (tertiary/aromatic N) is 5. The predicted molar refractivity (Wildman–Crippen MR) is 133 cm³/mol. The third-order valence-electron chi connectivity index (χ3n) is 7.06. The van der Waals surface area contributed by atoms with Gasteiger partial charge in [-0.15, -0.1) is 0 Å². The van der Waals surface area contributed by atoms with Crippen LogP contribution in [-0.2, 0) is 13.6 Å². The smallest absolute Gasteiger partial charge is 0.321 e. The lowest BCUT2D eigenvalue weighted by Gasteiger charge is -2.34. The van der Waals surface area contributed by atoms with Gasteiger partial charge in [0, 0.05) is 57.6 Å². The summed E-state index contributed by atoms with van der Waals surface area (Å²) in [4.78, 5) is 36.1. The van der Waals surface area contributed by atoms with Crippen LogP contribution < -0.4 is 5.32 Å². The molecule has 0 unspecified atom stereocenters. The molecule has 2 aliphatic rings. The van der Waals surface area contributed by atoms with E-state index in [0.29, 0.717) is 36.4 Å². The number of anilines is 1. The molecular weight excluding hydrogens is 447 g/mol. The molecule has 3 aromatic rings. The number of piperazine rings is 1. The first-order valence-corrected chi connectivity index (χ1v) is 12.2. The normalized spacial score (nSPS) is 16.8. The summed E-state index contributed by atoms with van der Waals surface area (Å²) in [6, 6.07) is 10.3. The molecule has 184 valence electrons. The molecule has 35 heavy (non-hydrogen) atoms. The predicted octanol–water partition coefficient (Wildman–Crippen LogP) is 3.61. The number of carbonyl (C=O) groups excluding carboxylic acids is 2. The van der Waals surface area contributed by atoms with E-state index < -0.39 is 0 Å². The summed E-state index contributed by atoms with van der Waals surface area (Å²) in [5.74, 6) is 0.681. The molecule has 2 aromatic carbocycles. The lowest BCUT2D eigenvalue weighted by atomic mass is 10.2.